The fraction of sp³-hybridized carbons (Fsp3) is 0.417. The lowest BCUT2D eigenvalue weighted by molar-refractivity contribution is 0.184. The number of amides is 2. The van der Waals surface area contributed by atoms with Crippen molar-refractivity contribution in [2.75, 3.05) is 19.0 Å². The highest BCUT2D eigenvalue weighted by molar-refractivity contribution is 5.89. The monoisotopic (exact) mass is 256 g/mol. The lowest BCUT2D eigenvalue weighted by Gasteiger charge is -2.09. The topological polar surface area (TPSA) is 70.6 Å². The van der Waals surface area contributed by atoms with Crippen LogP contribution in [0.5, 0.6) is 5.75 Å². The van der Waals surface area contributed by atoms with Gasteiger partial charge in [0.1, 0.15) is 11.6 Å². The molecule has 0 spiro atoms. The lowest BCUT2D eigenvalue weighted by Crippen LogP contribution is -2.30. The Hall–Kier alpha value is -1.82. The van der Waals surface area contributed by atoms with Gasteiger partial charge in [-0.25, -0.2) is 9.18 Å². The minimum Gasteiger partial charge on any atom is -0.497 e. The molecule has 0 aliphatic carbocycles. The number of anilines is 1. The molecule has 0 saturated heterocycles. The first-order valence-electron chi connectivity index (χ1n) is 5.58. The molecule has 100 valence electrons. The molecule has 1 rings (SSSR count). The molecule has 18 heavy (non-hydrogen) atoms. The quantitative estimate of drug-likeness (QED) is 0.751. The van der Waals surface area contributed by atoms with Gasteiger partial charge < -0.3 is 20.5 Å². The second kappa shape index (κ2) is 6.80. The summed E-state index contributed by atoms with van der Waals surface area (Å²) < 4.78 is 18.0. The predicted molar refractivity (Wildman–Crippen MR) is 66.3 cm³/mol. The van der Waals surface area contributed by atoms with Gasteiger partial charge in [0.15, 0.2) is 0 Å². The Bertz CT molecular complexity index is 410. The number of aliphatic hydroxyl groups excluding tert-OH is 1. The van der Waals surface area contributed by atoms with E-state index >= 15 is 0 Å². The molecule has 1 aromatic carbocycles. The molecule has 0 aromatic heterocycles. The number of rotatable bonds is 5. The van der Waals surface area contributed by atoms with Gasteiger partial charge in [0, 0.05) is 24.4 Å². The van der Waals surface area contributed by atoms with E-state index < -0.39 is 18.0 Å². The number of carbonyl (C=O) groups excluding carboxylic acids is 1. The lowest BCUT2D eigenvalue weighted by atomic mass is 10.3. The van der Waals surface area contributed by atoms with Gasteiger partial charge in [-0.1, -0.05) is 0 Å². The third-order valence-corrected chi connectivity index (χ3v) is 2.21. The van der Waals surface area contributed by atoms with Gasteiger partial charge in [-0.15, -0.1) is 0 Å². The van der Waals surface area contributed by atoms with Gasteiger partial charge in [0.05, 0.1) is 13.2 Å². The highest BCUT2D eigenvalue weighted by Gasteiger charge is 2.05. The van der Waals surface area contributed by atoms with Crippen molar-refractivity contribution in [1.82, 2.24) is 5.32 Å². The van der Waals surface area contributed by atoms with Crippen molar-refractivity contribution in [3.63, 3.8) is 0 Å². The first kappa shape index (κ1) is 14.2. The summed E-state index contributed by atoms with van der Waals surface area (Å²) >= 11 is 0. The molecule has 1 atom stereocenters. The van der Waals surface area contributed by atoms with E-state index in [0.717, 1.165) is 0 Å². The van der Waals surface area contributed by atoms with Crippen molar-refractivity contribution >= 4 is 11.7 Å². The van der Waals surface area contributed by atoms with E-state index in [4.69, 9.17) is 9.84 Å². The normalized spacial score (nSPS) is 11.8. The largest absolute Gasteiger partial charge is 0.497 e. The summed E-state index contributed by atoms with van der Waals surface area (Å²) in [6.07, 6.45) is -0.0144. The van der Waals surface area contributed by atoms with Gasteiger partial charge in [-0.2, -0.15) is 0 Å². The first-order valence-corrected chi connectivity index (χ1v) is 5.58. The third kappa shape index (κ3) is 5.01. The molecule has 0 radical (unpaired) electrons. The van der Waals surface area contributed by atoms with Crippen molar-refractivity contribution in [3.8, 4) is 5.75 Å². The minimum absolute atomic E-state index is 0.307. The average molecular weight is 256 g/mol. The van der Waals surface area contributed by atoms with Crippen LogP contribution in [0.4, 0.5) is 14.9 Å². The van der Waals surface area contributed by atoms with Crippen LogP contribution in [-0.2, 0) is 0 Å². The molecule has 0 bridgehead atoms. The van der Waals surface area contributed by atoms with Crippen LogP contribution in [0.15, 0.2) is 18.2 Å². The number of hydrogen-bond acceptors (Lipinski definition) is 3. The molecule has 6 heteroatoms. The van der Waals surface area contributed by atoms with Crippen LogP contribution in [0.1, 0.15) is 13.3 Å². The zero-order chi connectivity index (χ0) is 13.5. The second-order valence-corrected chi connectivity index (χ2v) is 3.90. The summed E-state index contributed by atoms with van der Waals surface area (Å²) in [5.74, 6) is -0.164. The fourth-order valence-corrected chi connectivity index (χ4v) is 1.32. The Kier molecular flexibility index (Phi) is 5.38. The van der Waals surface area contributed by atoms with Gasteiger partial charge in [-0.3, -0.25) is 0 Å². The zero-order valence-corrected chi connectivity index (χ0v) is 10.4. The Labute approximate surface area is 105 Å². The molecule has 0 heterocycles. The van der Waals surface area contributed by atoms with Crippen LogP contribution < -0.4 is 15.4 Å². The summed E-state index contributed by atoms with van der Waals surface area (Å²) in [7, 11) is 1.42. The second-order valence-electron chi connectivity index (χ2n) is 3.90. The summed E-state index contributed by atoms with van der Waals surface area (Å²) in [6, 6.07) is 3.47. The Morgan fingerprint density at radius 3 is 2.83 bits per heavy atom. The fourth-order valence-electron chi connectivity index (χ4n) is 1.32. The number of urea groups is 1. The van der Waals surface area contributed by atoms with E-state index in [0.29, 0.717) is 24.4 Å². The number of halogens is 1. The summed E-state index contributed by atoms with van der Waals surface area (Å²) in [4.78, 5) is 11.4. The number of ether oxygens (including phenoxy) is 1. The van der Waals surface area contributed by atoms with Crippen LogP contribution in [-0.4, -0.2) is 30.9 Å². The molecule has 0 fully saturated rings. The van der Waals surface area contributed by atoms with Crippen molar-refractivity contribution < 1.29 is 19.0 Å². The Morgan fingerprint density at radius 2 is 2.22 bits per heavy atom. The van der Waals surface area contributed by atoms with Crippen LogP contribution in [0.2, 0.25) is 0 Å². The number of methoxy groups -OCH3 is 1. The minimum atomic E-state index is -0.492. The highest BCUT2D eigenvalue weighted by atomic mass is 19.1. The summed E-state index contributed by atoms with van der Waals surface area (Å²) in [6.45, 7) is 1.98. The van der Waals surface area contributed by atoms with Crippen molar-refractivity contribution in [2.24, 2.45) is 0 Å². The Balaban J connectivity index is 2.51. The van der Waals surface area contributed by atoms with E-state index in [9.17, 15) is 9.18 Å². The number of hydrogen-bond donors (Lipinski definition) is 3. The molecular formula is C12H17FN2O3. The molecule has 0 saturated carbocycles. The van der Waals surface area contributed by atoms with E-state index in [1.54, 1.807) is 6.92 Å². The zero-order valence-electron chi connectivity index (χ0n) is 10.4. The van der Waals surface area contributed by atoms with Crippen LogP contribution in [0.25, 0.3) is 0 Å². The van der Waals surface area contributed by atoms with Gasteiger partial charge >= 0.3 is 6.03 Å². The molecule has 5 nitrogen and oxygen atoms in total. The van der Waals surface area contributed by atoms with Crippen molar-refractivity contribution in [3.05, 3.63) is 24.0 Å². The highest BCUT2D eigenvalue weighted by Crippen LogP contribution is 2.19. The van der Waals surface area contributed by atoms with Crippen molar-refractivity contribution in [1.29, 1.82) is 0 Å². The maximum Gasteiger partial charge on any atom is 0.319 e. The number of carbonyl (C=O) groups is 1. The maximum absolute atomic E-state index is 13.1. The predicted octanol–water partition coefficient (Wildman–Crippen LogP) is 1.73. The van der Waals surface area contributed by atoms with Gasteiger partial charge in [0.2, 0.25) is 0 Å². The molecule has 0 aliphatic rings. The molecule has 1 aromatic rings. The SMILES string of the molecule is COc1cc(F)cc(NC(=O)NCCC(C)O)c1. The van der Waals surface area contributed by atoms with Crippen molar-refractivity contribution in [2.45, 2.75) is 19.4 Å². The van der Waals surface area contributed by atoms with Gasteiger partial charge in [0.25, 0.3) is 0 Å². The molecule has 1 unspecified atom stereocenters. The third-order valence-electron chi connectivity index (χ3n) is 2.21. The van der Waals surface area contributed by atoms with Crippen LogP contribution in [0, 0.1) is 5.82 Å². The summed E-state index contributed by atoms with van der Waals surface area (Å²) in [5, 5.41) is 14.0. The van der Waals surface area contributed by atoms with Gasteiger partial charge in [-0.05, 0) is 19.4 Å². The summed E-state index contributed by atoms with van der Waals surface area (Å²) in [5.41, 5.74) is 0.307. The standard InChI is InChI=1S/C12H17FN2O3/c1-8(16)3-4-14-12(17)15-10-5-9(13)6-11(7-10)18-2/h5-8,16H,3-4H2,1-2H3,(H2,14,15,17). The molecular weight excluding hydrogens is 239 g/mol. The maximum atomic E-state index is 13.1. The number of nitrogens with one attached hydrogen (secondary N) is 2. The van der Waals surface area contributed by atoms with Crippen LogP contribution >= 0.6 is 0 Å². The van der Waals surface area contributed by atoms with E-state index in [1.807, 2.05) is 0 Å². The van der Waals surface area contributed by atoms with Crippen LogP contribution in [0.3, 0.4) is 0 Å². The number of aliphatic hydroxyl groups is 1. The number of benzene rings is 1. The average Bonchev–Trinajstić information content (AvgIpc) is 2.27. The molecule has 2 amide bonds. The Morgan fingerprint density at radius 1 is 1.50 bits per heavy atom. The van der Waals surface area contributed by atoms with E-state index in [-0.39, 0.29) is 0 Å². The first-order chi connectivity index (χ1) is 8.51. The smallest absolute Gasteiger partial charge is 0.319 e. The molecule has 0 aliphatic heterocycles. The van der Waals surface area contributed by atoms with E-state index in [1.165, 1.54) is 25.3 Å². The molecule has 3 N–H and O–H groups in total. The van der Waals surface area contributed by atoms with E-state index in [2.05, 4.69) is 10.6 Å².